The van der Waals surface area contributed by atoms with E-state index in [2.05, 4.69) is 133 Å². The highest BCUT2D eigenvalue weighted by Gasteiger charge is 2.40. The third kappa shape index (κ3) is 5.51. The van der Waals surface area contributed by atoms with Crippen LogP contribution in [0.2, 0.25) is 0 Å². The van der Waals surface area contributed by atoms with Gasteiger partial charge < -0.3 is 0 Å². The molecule has 11 rings (SSSR count). The maximum absolute atomic E-state index is 11.3. The van der Waals surface area contributed by atoms with E-state index in [9.17, 15) is 10.5 Å². The molecule has 4 nitrogen and oxygen atoms in total. The van der Waals surface area contributed by atoms with Gasteiger partial charge in [0.2, 0.25) is 0 Å². The molecular formula is C56H34N4. The van der Waals surface area contributed by atoms with Crippen LogP contribution in [-0.4, -0.2) is 9.97 Å². The first-order valence-corrected chi connectivity index (χ1v) is 20.2. The van der Waals surface area contributed by atoms with Crippen LogP contribution >= 0.6 is 0 Å². The van der Waals surface area contributed by atoms with Gasteiger partial charge in [-0.25, -0.2) is 9.97 Å². The molecule has 0 aliphatic heterocycles. The summed E-state index contributed by atoms with van der Waals surface area (Å²) in [6, 6.07) is 72.1. The highest BCUT2D eigenvalue weighted by Crippen LogP contribution is 2.60. The number of nitriles is 2. The number of fused-ring (bicyclic) bond motifs is 6. The molecule has 2 unspecified atom stereocenters. The van der Waals surface area contributed by atoms with E-state index in [0.717, 1.165) is 22.3 Å². The second-order valence-corrected chi connectivity index (χ2v) is 15.4. The van der Waals surface area contributed by atoms with Gasteiger partial charge in [-0.2, -0.15) is 10.5 Å². The molecule has 0 saturated carbocycles. The van der Waals surface area contributed by atoms with Crippen molar-refractivity contribution < 1.29 is 0 Å². The summed E-state index contributed by atoms with van der Waals surface area (Å²) in [5.41, 5.74) is 18.3. The van der Waals surface area contributed by atoms with Crippen LogP contribution in [-0.2, 0) is 0 Å². The first-order valence-electron chi connectivity index (χ1n) is 20.2. The van der Waals surface area contributed by atoms with E-state index < -0.39 is 0 Å². The van der Waals surface area contributed by atoms with Crippen molar-refractivity contribution in [3.8, 4) is 79.4 Å². The van der Waals surface area contributed by atoms with Gasteiger partial charge in [0, 0.05) is 34.1 Å². The summed E-state index contributed by atoms with van der Waals surface area (Å²) in [5, 5.41) is 22.1. The molecule has 4 heteroatoms. The fraction of sp³-hybridized carbons (Fsp3) is 0.0357. The normalized spacial score (nSPS) is 14.3. The highest BCUT2D eigenvalue weighted by molar-refractivity contribution is 5.99. The van der Waals surface area contributed by atoms with E-state index in [1.54, 1.807) is 0 Å². The average molecular weight is 763 g/mol. The Morgan fingerprint density at radius 1 is 0.383 bits per heavy atom. The summed E-state index contributed by atoms with van der Waals surface area (Å²) in [7, 11) is 0. The molecule has 0 spiro atoms. The molecule has 9 aromatic rings. The van der Waals surface area contributed by atoms with Crippen molar-refractivity contribution >= 4 is 0 Å². The number of hydrogen-bond donors (Lipinski definition) is 0. The minimum atomic E-state index is -0.0574. The van der Waals surface area contributed by atoms with Gasteiger partial charge in [-0.05, 0) is 73.3 Å². The van der Waals surface area contributed by atoms with Crippen molar-refractivity contribution in [3.63, 3.8) is 0 Å². The molecule has 0 bridgehead atoms. The second-order valence-electron chi connectivity index (χ2n) is 15.4. The Labute approximate surface area is 349 Å². The summed E-state index contributed by atoms with van der Waals surface area (Å²) >= 11 is 0. The van der Waals surface area contributed by atoms with Gasteiger partial charge in [0.25, 0.3) is 0 Å². The molecule has 1 heterocycles. The average Bonchev–Trinajstić information content (AvgIpc) is 3.84. The lowest BCUT2D eigenvalue weighted by Crippen LogP contribution is -2.08. The van der Waals surface area contributed by atoms with Crippen LogP contribution in [0.25, 0.3) is 67.3 Å². The van der Waals surface area contributed by atoms with Crippen molar-refractivity contribution in [2.45, 2.75) is 11.8 Å². The first-order chi connectivity index (χ1) is 29.7. The van der Waals surface area contributed by atoms with Crippen molar-refractivity contribution in [1.82, 2.24) is 9.97 Å². The standard InChI is InChI=1S/C56H34N4/c57-33-40-31-39(55-48(34-58)54(37-21-9-3-10-22-37)59-56(60-55)38-23-11-4-12-24-38)29-30-41(40)51-52-46(42-25-13-15-27-44(42)49(52)35-17-5-1-6-18-35)32-47-43-26-14-16-28-45(43)50(53(47)51)36-19-7-2-8-20-36/h1-32,49-50H. The molecule has 0 radical (unpaired) electrons. The van der Waals surface area contributed by atoms with E-state index in [1.165, 1.54) is 55.6 Å². The molecule has 278 valence electrons. The lowest BCUT2D eigenvalue weighted by Gasteiger charge is -2.25. The van der Waals surface area contributed by atoms with Gasteiger partial charge >= 0.3 is 0 Å². The van der Waals surface area contributed by atoms with E-state index in [4.69, 9.17) is 9.97 Å². The predicted octanol–water partition coefficient (Wildman–Crippen LogP) is 13.2. The van der Waals surface area contributed by atoms with Crippen LogP contribution in [0.4, 0.5) is 0 Å². The molecule has 0 fully saturated rings. The van der Waals surface area contributed by atoms with Crippen molar-refractivity contribution in [2.24, 2.45) is 0 Å². The Kier molecular flexibility index (Phi) is 8.36. The Bertz CT molecular complexity index is 3100. The third-order valence-corrected chi connectivity index (χ3v) is 12.2. The van der Waals surface area contributed by atoms with Crippen LogP contribution in [0.1, 0.15) is 56.3 Å². The van der Waals surface area contributed by atoms with Gasteiger partial charge in [-0.15, -0.1) is 0 Å². The first kappa shape index (κ1) is 35.0. The number of hydrogen-bond acceptors (Lipinski definition) is 4. The van der Waals surface area contributed by atoms with Gasteiger partial charge in [0.15, 0.2) is 5.82 Å². The molecule has 0 amide bonds. The summed E-state index contributed by atoms with van der Waals surface area (Å²) in [6.45, 7) is 0. The molecule has 0 N–H and O–H groups in total. The summed E-state index contributed by atoms with van der Waals surface area (Å²) in [5.74, 6) is 0.396. The monoisotopic (exact) mass is 762 g/mol. The van der Waals surface area contributed by atoms with Crippen molar-refractivity contribution in [3.05, 3.63) is 239 Å². The van der Waals surface area contributed by atoms with Gasteiger partial charge in [-0.1, -0.05) is 182 Å². The number of rotatable bonds is 6. The number of nitrogens with zero attached hydrogens (tertiary/aromatic N) is 4. The second kappa shape index (κ2) is 14.3. The van der Waals surface area contributed by atoms with E-state index in [-0.39, 0.29) is 11.8 Å². The van der Waals surface area contributed by atoms with Crippen molar-refractivity contribution in [1.29, 1.82) is 10.5 Å². The molecule has 2 aliphatic rings. The summed E-state index contributed by atoms with van der Waals surface area (Å²) in [6.07, 6.45) is 0. The molecule has 60 heavy (non-hydrogen) atoms. The molecule has 2 atom stereocenters. The maximum atomic E-state index is 11.3. The molecule has 8 aromatic carbocycles. The molecule has 2 aliphatic carbocycles. The zero-order chi connectivity index (χ0) is 40.2. The quantitative estimate of drug-likeness (QED) is 0.169. The van der Waals surface area contributed by atoms with Crippen molar-refractivity contribution in [2.75, 3.05) is 0 Å². The van der Waals surface area contributed by atoms with E-state index >= 15 is 0 Å². The van der Waals surface area contributed by atoms with Crippen LogP contribution in [0.15, 0.2) is 194 Å². The fourth-order valence-corrected chi connectivity index (χ4v) is 9.63. The number of benzene rings is 8. The lowest BCUT2D eigenvalue weighted by molar-refractivity contribution is 0.985. The van der Waals surface area contributed by atoms with Crippen LogP contribution in [0, 0.1) is 22.7 Å². The lowest BCUT2D eigenvalue weighted by atomic mass is 9.77. The maximum Gasteiger partial charge on any atom is 0.160 e. The predicted molar refractivity (Wildman–Crippen MR) is 239 cm³/mol. The van der Waals surface area contributed by atoms with Gasteiger partial charge in [-0.3, -0.25) is 0 Å². The van der Waals surface area contributed by atoms with E-state index in [1.807, 2.05) is 72.8 Å². The zero-order valence-electron chi connectivity index (χ0n) is 32.4. The Morgan fingerprint density at radius 2 is 0.850 bits per heavy atom. The van der Waals surface area contributed by atoms with Gasteiger partial charge in [0.1, 0.15) is 11.6 Å². The smallest absolute Gasteiger partial charge is 0.160 e. The molecule has 1 aromatic heterocycles. The SMILES string of the molecule is N#Cc1cc(-c2nc(-c3ccccc3)nc(-c3ccccc3)c2C#N)ccc1-c1c2c(cc3c1C(c1ccccc1)c1ccccc1-3)-c1ccccc1C2c1ccccc1. The molecule has 0 saturated heterocycles. The Hall–Kier alpha value is -8.18. The Balaban J connectivity index is 1.21. The van der Waals surface area contributed by atoms with Crippen LogP contribution in [0.3, 0.4) is 0 Å². The van der Waals surface area contributed by atoms with Gasteiger partial charge in [0.05, 0.1) is 23.0 Å². The zero-order valence-corrected chi connectivity index (χ0v) is 32.4. The number of aromatic nitrogens is 2. The highest BCUT2D eigenvalue weighted by atomic mass is 14.9. The minimum absolute atomic E-state index is 0.0574. The summed E-state index contributed by atoms with van der Waals surface area (Å²) in [4.78, 5) is 10.0. The molecular weight excluding hydrogens is 729 g/mol. The van der Waals surface area contributed by atoms with E-state index in [0.29, 0.717) is 33.9 Å². The topological polar surface area (TPSA) is 73.4 Å². The third-order valence-electron chi connectivity index (χ3n) is 12.2. The summed E-state index contributed by atoms with van der Waals surface area (Å²) < 4.78 is 0. The Morgan fingerprint density at radius 3 is 1.37 bits per heavy atom. The van der Waals surface area contributed by atoms with Crippen LogP contribution in [0.5, 0.6) is 0 Å². The minimum Gasteiger partial charge on any atom is -0.227 e. The van der Waals surface area contributed by atoms with Crippen LogP contribution < -0.4 is 0 Å². The fourth-order valence-electron chi connectivity index (χ4n) is 9.63. The largest absolute Gasteiger partial charge is 0.227 e.